The molecule has 0 aliphatic rings. The Hall–Kier alpha value is -1.51. The van der Waals surface area contributed by atoms with Gasteiger partial charge in [0.15, 0.2) is 0 Å². The zero-order valence-corrected chi connectivity index (χ0v) is 9.99. The Kier molecular flexibility index (Phi) is 3.93. The van der Waals surface area contributed by atoms with E-state index in [1.54, 1.807) is 20.1 Å². The summed E-state index contributed by atoms with van der Waals surface area (Å²) in [7, 11) is 1.58. The molecule has 0 aromatic heterocycles. The third-order valence-electron chi connectivity index (χ3n) is 2.93. The molecule has 0 saturated heterocycles. The number of methoxy groups -OCH3 is 1. The first-order valence-corrected chi connectivity index (χ1v) is 5.42. The monoisotopic (exact) mass is 222 g/mol. The van der Waals surface area contributed by atoms with Crippen molar-refractivity contribution in [2.75, 3.05) is 7.11 Å². The van der Waals surface area contributed by atoms with Crippen LogP contribution in [0.1, 0.15) is 32.3 Å². The molecule has 1 atom stereocenters. The maximum Gasteiger partial charge on any atom is 0.313 e. The van der Waals surface area contributed by atoms with Gasteiger partial charge in [-0.2, -0.15) is 0 Å². The molecule has 0 spiro atoms. The molecule has 1 aromatic rings. The molecule has 3 heteroatoms. The van der Waals surface area contributed by atoms with E-state index in [1.807, 2.05) is 25.1 Å². The summed E-state index contributed by atoms with van der Waals surface area (Å²) in [6.45, 7) is 3.75. The molecule has 88 valence electrons. The van der Waals surface area contributed by atoms with Gasteiger partial charge in [0.25, 0.3) is 0 Å². The van der Waals surface area contributed by atoms with E-state index in [0.29, 0.717) is 12.2 Å². The number of carbonyl (C=O) groups is 1. The molecular weight excluding hydrogens is 204 g/mol. The van der Waals surface area contributed by atoms with Crippen molar-refractivity contribution in [2.24, 2.45) is 0 Å². The van der Waals surface area contributed by atoms with Crippen LogP contribution in [0.25, 0.3) is 0 Å². The SMILES string of the molecule is CCCC(C)(C(=O)O)c1cccc(OC)c1. The van der Waals surface area contributed by atoms with Crippen LogP contribution in [0.5, 0.6) is 5.75 Å². The van der Waals surface area contributed by atoms with Crippen molar-refractivity contribution < 1.29 is 14.6 Å². The van der Waals surface area contributed by atoms with Crippen LogP contribution in [0.3, 0.4) is 0 Å². The maximum atomic E-state index is 11.4. The summed E-state index contributed by atoms with van der Waals surface area (Å²) in [5.74, 6) is -0.0938. The first-order valence-electron chi connectivity index (χ1n) is 5.42. The zero-order valence-electron chi connectivity index (χ0n) is 9.99. The minimum Gasteiger partial charge on any atom is -0.497 e. The van der Waals surface area contributed by atoms with Crippen molar-refractivity contribution in [3.8, 4) is 5.75 Å². The number of rotatable bonds is 5. The molecule has 1 unspecified atom stereocenters. The smallest absolute Gasteiger partial charge is 0.313 e. The Labute approximate surface area is 96.1 Å². The lowest BCUT2D eigenvalue weighted by atomic mass is 9.79. The molecule has 1 N–H and O–H groups in total. The average Bonchev–Trinajstić information content (AvgIpc) is 2.29. The van der Waals surface area contributed by atoms with Crippen LogP contribution in [0.2, 0.25) is 0 Å². The molecule has 0 heterocycles. The molecule has 0 fully saturated rings. The maximum absolute atomic E-state index is 11.4. The van der Waals surface area contributed by atoms with Crippen molar-refractivity contribution in [1.82, 2.24) is 0 Å². The quantitative estimate of drug-likeness (QED) is 0.833. The van der Waals surface area contributed by atoms with Crippen LogP contribution in [0, 0.1) is 0 Å². The second-order valence-electron chi connectivity index (χ2n) is 4.12. The number of benzene rings is 1. The summed E-state index contributed by atoms with van der Waals surface area (Å²) in [6, 6.07) is 7.28. The van der Waals surface area contributed by atoms with Crippen LogP contribution >= 0.6 is 0 Å². The molecule has 1 aromatic carbocycles. The van der Waals surface area contributed by atoms with Gasteiger partial charge in [0, 0.05) is 0 Å². The third-order valence-corrected chi connectivity index (χ3v) is 2.93. The van der Waals surface area contributed by atoms with Gasteiger partial charge in [0.1, 0.15) is 5.75 Å². The van der Waals surface area contributed by atoms with E-state index in [1.165, 1.54) is 0 Å². The van der Waals surface area contributed by atoms with Gasteiger partial charge < -0.3 is 9.84 Å². The minimum atomic E-state index is -0.830. The normalized spacial score (nSPS) is 14.2. The summed E-state index contributed by atoms with van der Waals surface area (Å²) < 4.78 is 5.11. The molecule has 0 saturated carbocycles. The average molecular weight is 222 g/mol. The van der Waals surface area contributed by atoms with E-state index < -0.39 is 11.4 Å². The Morgan fingerprint density at radius 3 is 2.69 bits per heavy atom. The molecule has 0 aliphatic heterocycles. The van der Waals surface area contributed by atoms with Crippen molar-refractivity contribution in [3.05, 3.63) is 29.8 Å². The summed E-state index contributed by atoms with van der Waals surface area (Å²) in [5, 5.41) is 9.34. The first kappa shape index (κ1) is 12.6. The number of ether oxygens (including phenoxy) is 1. The van der Waals surface area contributed by atoms with E-state index in [4.69, 9.17) is 4.74 Å². The fourth-order valence-electron chi connectivity index (χ4n) is 1.84. The molecule has 1 rings (SSSR count). The predicted molar refractivity (Wildman–Crippen MR) is 62.9 cm³/mol. The van der Waals surface area contributed by atoms with Crippen LogP contribution in [0.4, 0.5) is 0 Å². The molecule has 0 aliphatic carbocycles. The first-order chi connectivity index (χ1) is 7.54. The van der Waals surface area contributed by atoms with E-state index in [-0.39, 0.29) is 0 Å². The highest BCUT2D eigenvalue weighted by atomic mass is 16.5. The number of aliphatic carboxylic acids is 1. The van der Waals surface area contributed by atoms with Gasteiger partial charge in [-0.25, -0.2) is 0 Å². The van der Waals surface area contributed by atoms with Gasteiger partial charge in [0.2, 0.25) is 0 Å². The fraction of sp³-hybridized carbons (Fsp3) is 0.462. The minimum absolute atomic E-state index is 0.621. The van der Waals surface area contributed by atoms with Gasteiger partial charge in [0.05, 0.1) is 12.5 Å². The van der Waals surface area contributed by atoms with Crippen molar-refractivity contribution >= 4 is 5.97 Å². The molecule has 16 heavy (non-hydrogen) atoms. The zero-order chi connectivity index (χ0) is 12.2. The van der Waals surface area contributed by atoms with Crippen molar-refractivity contribution in [2.45, 2.75) is 32.1 Å². The summed E-state index contributed by atoms with van der Waals surface area (Å²) >= 11 is 0. The Bertz CT molecular complexity index is 373. The Balaban J connectivity index is 3.15. The van der Waals surface area contributed by atoms with E-state index in [0.717, 1.165) is 12.0 Å². The molecular formula is C13H18O3. The summed E-state index contributed by atoms with van der Waals surface area (Å²) in [6.07, 6.45) is 1.45. The van der Waals surface area contributed by atoms with E-state index >= 15 is 0 Å². The summed E-state index contributed by atoms with van der Waals surface area (Å²) in [4.78, 5) is 11.4. The van der Waals surface area contributed by atoms with Crippen LogP contribution in [-0.4, -0.2) is 18.2 Å². The van der Waals surface area contributed by atoms with E-state index in [2.05, 4.69) is 0 Å². The number of carboxylic acid groups (broad SMARTS) is 1. The highest BCUT2D eigenvalue weighted by Gasteiger charge is 2.34. The van der Waals surface area contributed by atoms with Gasteiger partial charge in [-0.3, -0.25) is 4.79 Å². The largest absolute Gasteiger partial charge is 0.497 e. The Morgan fingerprint density at radius 2 is 2.19 bits per heavy atom. The second kappa shape index (κ2) is 5.01. The molecule has 0 amide bonds. The standard InChI is InChI=1S/C13H18O3/c1-4-8-13(2,12(14)15)10-6-5-7-11(9-10)16-3/h5-7,9H,4,8H2,1-3H3,(H,14,15). The van der Waals surface area contributed by atoms with Gasteiger partial charge >= 0.3 is 5.97 Å². The number of hydrogen-bond donors (Lipinski definition) is 1. The molecule has 0 bridgehead atoms. The Morgan fingerprint density at radius 1 is 1.50 bits per heavy atom. The van der Waals surface area contributed by atoms with Gasteiger partial charge in [-0.05, 0) is 31.0 Å². The number of hydrogen-bond acceptors (Lipinski definition) is 2. The van der Waals surface area contributed by atoms with Gasteiger partial charge in [-0.15, -0.1) is 0 Å². The van der Waals surface area contributed by atoms with Crippen LogP contribution < -0.4 is 4.74 Å². The fourth-order valence-corrected chi connectivity index (χ4v) is 1.84. The molecule has 0 radical (unpaired) electrons. The van der Waals surface area contributed by atoms with Crippen LogP contribution in [0.15, 0.2) is 24.3 Å². The predicted octanol–water partition coefficient (Wildman–Crippen LogP) is 2.84. The van der Waals surface area contributed by atoms with Crippen LogP contribution in [-0.2, 0) is 10.2 Å². The topological polar surface area (TPSA) is 46.5 Å². The van der Waals surface area contributed by atoms with Crippen molar-refractivity contribution in [3.63, 3.8) is 0 Å². The lowest BCUT2D eigenvalue weighted by Gasteiger charge is -2.25. The summed E-state index contributed by atoms with van der Waals surface area (Å²) in [5.41, 5.74) is -0.0373. The highest BCUT2D eigenvalue weighted by Crippen LogP contribution is 2.31. The van der Waals surface area contributed by atoms with Crippen molar-refractivity contribution in [1.29, 1.82) is 0 Å². The second-order valence-corrected chi connectivity index (χ2v) is 4.12. The number of carboxylic acids is 1. The highest BCUT2D eigenvalue weighted by molar-refractivity contribution is 5.81. The third kappa shape index (κ3) is 2.35. The molecule has 3 nitrogen and oxygen atoms in total. The lowest BCUT2D eigenvalue weighted by molar-refractivity contribution is -0.143. The van der Waals surface area contributed by atoms with E-state index in [9.17, 15) is 9.90 Å². The van der Waals surface area contributed by atoms with Gasteiger partial charge in [-0.1, -0.05) is 25.5 Å². The lowest BCUT2D eigenvalue weighted by Crippen LogP contribution is -2.32.